The van der Waals surface area contributed by atoms with Gasteiger partial charge in [-0.3, -0.25) is 0 Å². The molecule has 0 heterocycles. The van der Waals surface area contributed by atoms with Crippen molar-refractivity contribution in [3.05, 3.63) is 62.6 Å². The predicted molar refractivity (Wildman–Crippen MR) is 86.1 cm³/mol. The number of hydrogen-bond donors (Lipinski definition) is 1. The van der Waals surface area contributed by atoms with Gasteiger partial charge in [0, 0.05) is 4.47 Å². The molecule has 0 atom stereocenters. The van der Waals surface area contributed by atoms with Crippen LogP contribution in [-0.2, 0) is 6.61 Å². The van der Waals surface area contributed by atoms with Crippen molar-refractivity contribution >= 4 is 21.9 Å². The van der Waals surface area contributed by atoms with Gasteiger partial charge in [-0.1, -0.05) is 45.3 Å². The van der Waals surface area contributed by atoms with E-state index in [9.17, 15) is 9.90 Å². The Morgan fingerprint density at radius 1 is 1.10 bits per heavy atom. The number of carbonyl (C=O) groups is 1. The second-order valence-electron chi connectivity index (χ2n) is 5.19. The number of carboxylic acids is 1. The minimum absolute atomic E-state index is 0.172. The minimum Gasteiger partial charge on any atom is -0.488 e. The first-order chi connectivity index (χ1) is 9.86. The Kier molecular flexibility index (Phi) is 4.68. The summed E-state index contributed by atoms with van der Waals surface area (Å²) in [5, 5.41) is 9.30. The zero-order chi connectivity index (χ0) is 15.6. The first kappa shape index (κ1) is 15.6. The Labute approximate surface area is 132 Å². The molecule has 2 rings (SSSR count). The van der Waals surface area contributed by atoms with E-state index in [-0.39, 0.29) is 5.56 Å². The van der Waals surface area contributed by atoms with Crippen LogP contribution in [0.4, 0.5) is 0 Å². The van der Waals surface area contributed by atoms with Crippen LogP contribution in [0.15, 0.2) is 34.8 Å². The van der Waals surface area contributed by atoms with Crippen LogP contribution < -0.4 is 4.74 Å². The summed E-state index contributed by atoms with van der Waals surface area (Å²) in [6.45, 7) is 6.26. The number of carboxylic acid groups (broad SMARTS) is 1. The van der Waals surface area contributed by atoms with Crippen LogP contribution in [0, 0.1) is 20.8 Å². The standard InChI is InChI=1S/C17H17BrO3/c1-10-4-11(2)6-13(5-10)9-21-16-12(3)7-14(18)8-15(16)17(19)20/h4-8H,9H2,1-3H3,(H,19,20). The molecule has 0 aliphatic heterocycles. The molecule has 0 radical (unpaired) electrons. The topological polar surface area (TPSA) is 46.5 Å². The van der Waals surface area contributed by atoms with Crippen LogP contribution in [0.5, 0.6) is 5.75 Å². The van der Waals surface area contributed by atoms with Gasteiger partial charge >= 0.3 is 5.97 Å². The number of benzene rings is 2. The molecule has 110 valence electrons. The van der Waals surface area contributed by atoms with Crippen molar-refractivity contribution < 1.29 is 14.6 Å². The van der Waals surface area contributed by atoms with Crippen molar-refractivity contribution in [1.29, 1.82) is 0 Å². The third-order valence-electron chi connectivity index (χ3n) is 3.13. The Balaban J connectivity index is 2.29. The van der Waals surface area contributed by atoms with Gasteiger partial charge in [0.15, 0.2) is 0 Å². The van der Waals surface area contributed by atoms with Gasteiger partial charge in [0.2, 0.25) is 0 Å². The number of rotatable bonds is 4. The molecule has 4 heteroatoms. The lowest BCUT2D eigenvalue weighted by Gasteiger charge is -2.13. The number of hydrogen-bond acceptors (Lipinski definition) is 2. The monoisotopic (exact) mass is 348 g/mol. The molecule has 0 fully saturated rings. The summed E-state index contributed by atoms with van der Waals surface area (Å²) in [6, 6.07) is 9.59. The third kappa shape index (κ3) is 3.85. The first-order valence-electron chi connectivity index (χ1n) is 6.60. The summed E-state index contributed by atoms with van der Waals surface area (Å²) in [5.41, 5.74) is 4.34. The Bertz CT molecular complexity index is 672. The quantitative estimate of drug-likeness (QED) is 0.874. The van der Waals surface area contributed by atoms with Crippen LogP contribution in [0.2, 0.25) is 0 Å². The van der Waals surface area contributed by atoms with E-state index in [0.29, 0.717) is 12.4 Å². The highest BCUT2D eigenvalue weighted by Crippen LogP contribution is 2.29. The van der Waals surface area contributed by atoms with E-state index in [1.807, 2.05) is 39.0 Å². The van der Waals surface area contributed by atoms with Crippen molar-refractivity contribution in [2.24, 2.45) is 0 Å². The summed E-state index contributed by atoms with van der Waals surface area (Å²) in [5.74, 6) is -0.570. The second kappa shape index (κ2) is 6.31. The lowest BCUT2D eigenvalue weighted by Crippen LogP contribution is -2.05. The van der Waals surface area contributed by atoms with Gasteiger partial charge in [-0.2, -0.15) is 0 Å². The van der Waals surface area contributed by atoms with Gasteiger partial charge in [-0.25, -0.2) is 4.79 Å². The van der Waals surface area contributed by atoms with E-state index in [1.54, 1.807) is 6.07 Å². The molecule has 0 unspecified atom stereocenters. The molecular weight excluding hydrogens is 332 g/mol. The third-order valence-corrected chi connectivity index (χ3v) is 3.59. The molecule has 0 aliphatic rings. The second-order valence-corrected chi connectivity index (χ2v) is 6.10. The summed E-state index contributed by atoms with van der Waals surface area (Å²) in [4.78, 5) is 11.3. The van der Waals surface area contributed by atoms with Gasteiger partial charge in [-0.05, 0) is 44.0 Å². The number of aromatic carboxylic acids is 1. The summed E-state index contributed by atoms with van der Waals surface area (Å²) in [6.07, 6.45) is 0. The Hall–Kier alpha value is -1.81. The van der Waals surface area contributed by atoms with E-state index in [4.69, 9.17) is 4.74 Å². The van der Waals surface area contributed by atoms with Gasteiger partial charge in [0.1, 0.15) is 17.9 Å². The number of ether oxygens (including phenoxy) is 1. The molecule has 0 aliphatic carbocycles. The Morgan fingerprint density at radius 2 is 1.71 bits per heavy atom. The number of aryl methyl sites for hydroxylation is 3. The van der Waals surface area contributed by atoms with Crippen molar-refractivity contribution in [2.75, 3.05) is 0 Å². The zero-order valence-corrected chi connectivity index (χ0v) is 13.8. The average Bonchev–Trinajstić information content (AvgIpc) is 2.35. The minimum atomic E-state index is -0.991. The van der Waals surface area contributed by atoms with Crippen LogP contribution in [0.1, 0.15) is 32.6 Å². The molecule has 0 bridgehead atoms. The maximum Gasteiger partial charge on any atom is 0.339 e. The zero-order valence-electron chi connectivity index (χ0n) is 12.2. The fraction of sp³-hybridized carbons (Fsp3) is 0.235. The van der Waals surface area contributed by atoms with Crippen LogP contribution in [-0.4, -0.2) is 11.1 Å². The SMILES string of the molecule is Cc1cc(C)cc(COc2c(C)cc(Br)cc2C(=O)O)c1. The maximum absolute atomic E-state index is 11.3. The predicted octanol–water partition coefficient (Wildman–Crippen LogP) is 4.65. The molecule has 1 N–H and O–H groups in total. The van der Waals surface area contributed by atoms with E-state index in [2.05, 4.69) is 22.0 Å². The molecule has 2 aromatic rings. The fourth-order valence-electron chi connectivity index (χ4n) is 2.39. The summed E-state index contributed by atoms with van der Waals surface area (Å²) in [7, 11) is 0. The highest BCUT2D eigenvalue weighted by atomic mass is 79.9. The lowest BCUT2D eigenvalue weighted by molar-refractivity contribution is 0.0691. The average molecular weight is 349 g/mol. The maximum atomic E-state index is 11.3. The lowest BCUT2D eigenvalue weighted by atomic mass is 10.1. The molecule has 0 spiro atoms. The van der Waals surface area contributed by atoms with Crippen molar-refractivity contribution in [3.63, 3.8) is 0 Å². The highest BCUT2D eigenvalue weighted by molar-refractivity contribution is 9.10. The largest absolute Gasteiger partial charge is 0.488 e. The summed E-state index contributed by atoms with van der Waals surface area (Å²) >= 11 is 3.31. The van der Waals surface area contributed by atoms with Gasteiger partial charge in [-0.15, -0.1) is 0 Å². The smallest absolute Gasteiger partial charge is 0.339 e. The van der Waals surface area contributed by atoms with Crippen molar-refractivity contribution in [1.82, 2.24) is 0 Å². The molecule has 0 aromatic heterocycles. The van der Waals surface area contributed by atoms with Gasteiger partial charge < -0.3 is 9.84 Å². The van der Waals surface area contributed by atoms with Crippen LogP contribution in [0.3, 0.4) is 0 Å². The molecular formula is C17H17BrO3. The van der Waals surface area contributed by atoms with Crippen molar-refractivity contribution in [3.8, 4) is 5.75 Å². The van der Waals surface area contributed by atoms with Crippen LogP contribution >= 0.6 is 15.9 Å². The first-order valence-corrected chi connectivity index (χ1v) is 7.39. The molecule has 0 saturated heterocycles. The Morgan fingerprint density at radius 3 is 2.29 bits per heavy atom. The molecule has 0 saturated carbocycles. The summed E-state index contributed by atoms with van der Waals surface area (Å²) < 4.78 is 6.51. The highest BCUT2D eigenvalue weighted by Gasteiger charge is 2.15. The molecule has 0 amide bonds. The van der Waals surface area contributed by atoms with Crippen molar-refractivity contribution in [2.45, 2.75) is 27.4 Å². The van der Waals surface area contributed by atoms with E-state index in [1.165, 1.54) is 11.1 Å². The molecule has 2 aromatic carbocycles. The number of halogens is 1. The van der Waals surface area contributed by atoms with E-state index in [0.717, 1.165) is 15.6 Å². The van der Waals surface area contributed by atoms with E-state index >= 15 is 0 Å². The van der Waals surface area contributed by atoms with Gasteiger partial charge in [0.05, 0.1) is 0 Å². The fourth-order valence-corrected chi connectivity index (χ4v) is 2.96. The van der Waals surface area contributed by atoms with Crippen LogP contribution in [0.25, 0.3) is 0 Å². The normalized spacial score (nSPS) is 10.5. The van der Waals surface area contributed by atoms with Gasteiger partial charge in [0.25, 0.3) is 0 Å². The van der Waals surface area contributed by atoms with E-state index < -0.39 is 5.97 Å². The molecule has 3 nitrogen and oxygen atoms in total. The molecule has 21 heavy (non-hydrogen) atoms.